The van der Waals surface area contributed by atoms with Gasteiger partial charge in [-0.15, -0.1) is 0 Å². The number of pyridine rings is 2. The van der Waals surface area contributed by atoms with E-state index in [0.29, 0.717) is 17.1 Å². The Morgan fingerprint density at radius 2 is 1.88 bits per heavy atom. The molecule has 0 atom stereocenters. The second-order valence-corrected chi connectivity index (χ2v) is 6.60. The van der Waals surface area contributed by atoms with E-state index in [1.165, 1.54) is 6.20 Å². The number of aliphatic hydroxyl groups is 1. The van der Waals surface area contributed by atoms with Crippen LogP contribution in [-0.2, 0) is 5.60 Å². The number of aromatic nitrogens is 4. The topological polar surface area (TPSA) is 63.8 Å². The molecule has 0 unspecified atom stereocenters. The van der Waals surface area contributed by atoms with Crippen LogP contribution in [0.3, 0.4) is 0 Å². The van der Waals surface area contributed by atoms with Crippen LogP contribution in [-0.4, -0.2) is 24.6 Å². The third-order valence-electron chi connectivity index (χ3n) is 4.27. The Kier molecular flexibility index (Phi) is 3.77. The van der Waals surface area contributed by atoms with Gasteiger partial charge in [0.05, 0.1) is 27.9 Å². The smallest absolute Gasteiger partial charge is 0.222 e. The molecule has 4 rings (SSSR count). The molecule has 6 heteroatoms. The minimum atomic E-state index is -0.937. The van der Waals surface area contributed by atoms with Gasteiger partial charge in [0.15, 0.2) is 0 Å². The Hall–Kier alpha value is -3.12. The third-order valence-corrected chi connectivity index (χ3v) is 4.27. The van der Waals surface area contributed by atoms with Crippen molar-refractivity contribution in [2.24, 2.45) is 0 Å². The monoisotopic (exact) mass is 348 g/mol. The van der Waals surface area contributed by atoms with Gasteiger partial charge in [0.1, 0.15) is 12.1 Å². The fraction of sp³-hybridized carbons (Fsp3) is 0.150. The SMILES string of the molecule is CC(C)(O)c1ccc2c(c1)ncn2-c1cccc(-c2cccnc2F)n1. The van der Waals surface area contributed by atoms with Gasteiger partial charge in [-0.25, -0.2) is 15.0 Å². The first kappa shape index (κ1) is 16.4. The normalized spacial score (nSPS) is 11.8. The van der Waals surface area contributed by atoms with Gasteiger partial charge in [-0.05, 0) is 55.8 Å². The summed E-state index contributed by atoms with van der Waals surface area (Å²) in [6.45, 7) is 3.47. The highest BCUT2D eigenvalue weighted by Crippen LogP contribution is 2.26. The summed E-state index contributed by atoms with van der Waals surface area (Å²) in [6, 6.07) is 14.4. The molecule has 0 spiro atoms. The highest BCUT2D eigenvalue weighted by Gasteiger charge is 2.17. The molecule has 1 N–H and O–H groups in total. The first-order valence-electron chi connectivity index (χ1n) is 8.22. The van der Waals surface area contributed by atoms with Crippen LogP contribution in [0.4, 0.5) is 4.39 Å². The van der Waals surface area contributed by atoms with Crippen molar-refractivity contribution in [3.8, 4) is 17.1 Å². The molecular formula is C20H17FN4O. The predicted molar refractivity (Wildman–Crippen MR) is 97.3 cm³/mol. The molecule has 0 aliphatic rings. The molecular weight excluding hydrogens is 331 g/mol. The Labute approximate surface area is 149 Å². The Morgan fingerprint density at radius 3 is 2.65 bits per heavy atom. The third kappa shape index (κ3) is 2.84. The number of rotatable bonds is 3. The number of hydrogen-bond acceptors (Lipinski definition) is 4. The van der Waals surface area contributed by atoms with Crippen molar-refractivity contribution in [2.45, 2.75) is 19.4 Å². The van der Waals surface area contributed by atoms with Gasteiger partial charge in [-0.1, -0.05) is 12.1 Å². The molecule has 3 heterocycles. The van der Waals surface area contributed by atoms with Crippen molar-refractivity contribution in [2.75, 3.05) is 0 Å². The summed E-state index contributed by atoms with van der Waals surface area (Å²) in [4.78, 5) is 12.7. The average molecular weight is 348 g/mol. The van der Waals surface area contributed by atoms with E-state index in [1.54, 1.807) is 38.4 Å². The summed E-state index contributed by atoms with van der Waals surface area (Å²) in [6.07, 6.45) is 3.08. The molecule has 26 heavy (non-hydrogen) atoms. The molecule has 3 aromatic heterocycles. The molecule has 130 valence electrons. The van der Waals surface area contributed by atoms with Crippen LogP contribution in [0.2, 0.25) is 0 Å². The van der Waals surface area contributed by atoms with E-state index in [-0.39, 0.29) is 0 Å². The van der Waals surface area contributed by atoms with Crippen LogP contribution in [0.15, 0.2) is 61.1 Å². The van der Waals surface area contributed by atoms with Crippen LogP contribution >= 0.6 is 0 Å². The van der Waals surface area contributed by atoms with E-state index < -0.39 is 11.5 Å². The van der Waals surface area contributed by atoms with Gasteiger partial charge in [0, 0.05) is 6.20 Å². The molecule has 0 amide bonds. The van der Waals surface area contributed by atoms with Gasteiger partial charge in [-0.3, -0.25) is 4.57 Å². The van der Waals surface area contributed by atoms with Crippen molar-refractivity contribution in [3.63, 3.8) is 0 Å². The first-order chi connectivity index (χ1) is 12.4. The Balaban J connectivity index is 1.81. The summed E-state index contributed by atoms with van der Waals surface area (Å²) in [5, 5.41) is 10.2. The maximum Gasteiger partial charge on any atom is 0.222 e. The van der Waals surface area contributed by atoms with Gasteiger partial charge < -0.3 is 5.11 Å². The van der Waals surface area contributed by atoms with Crippen LogP contribution < -0.4 is 0 Å². The van der Waals surface area contributed by atoms with Gasteiger partial charge >= 0.3 is 0 Å². The Bertz CT molecular complexity index is 1100. The number of imidazole rings is 1. The van der Waals surface area contributed by atoms with E-state index in [2.05, 4.69) is 15.0 Å². The summed E-state index contributed by atoms with van der Waals surface area (Å²) >= 11 is 0. The highest BCUT2D eigenvalue weighted by atomic mass is 19.1. The second kappa shape index (κ2) is 6.00. The van der Waals surface area contributed by atoms with Crippen LogP contribution in [0.1, 0.15) is 19.4 Å². The summed E-state index contributed by atoms with van der Waals surface area (Å²) in [5.74, 6) is 0.0757. The zero-order valence-electron chi connectivity index (χ0n) is 14.4. The molecule has 1 aromatic carbocycles. The van der Waals surface area contributed by atoms with Crippen molar-refractivity contribution < 1.29 is 9.50 Å². The largest absolute Gasteiger partial charge is 0.386 e. The standard InChI is InChI=1S/C20H17FN4O/c1-20(2,26)13-8-9-17-16(11-13)23-12-25(17)18-7-3-6-15(24-18)14-5-4-10-22-19(14)21/h3-12,26H,1-2H3. The van der Waals surface area contributed by atoms with E-state index in [9.17, 15) is 9.50 Å². The Morgan fingerprint density at radius 1 is 1.04 bits per heavy atom. The molecule has 0 fully saturated rings. The number of hydrogen-bond donors (Lipinski definition) is 1. The summed E-state index contributed by atoms with van der Waals surface area (Å²) in [5.41, 5.74) is 2.31. The van der Waals surface area contributed by atoms with Crippen LogP contribution in [0.5, 0.6) is 0 Å². The predicted octanol–water partition coefficient (Wildman–Crippen LogP) is 3.85. The maximum absolute atomic E-state index is 14.0. The molecule has 0 bridgehead atoms. The molecule has 5 nitrogen and oxygen atoms in total. The zero-order valence-corrected chi connectivity index (χ0v) is 14.4. The van der Waals surface area contributed by atoms with Crippen LogP contribution in [0, 0.1) is 5.95 Å². The van der Waals surface area contributed by atoms with Crippen molar-refractivity contribution in [1.82, 2.24) is 19.5 Å². The molecule has 0 aliphatic heterocycles. The fourth-order valence-corrected chi connectivity index (χ4v) is 2.86. The van der Waals surface area contributed by atoms with Crippen LogP contribution in [0.25, 0.3) is 28.1 Å². The summed E-state index contributed by atoms with van der Waals surface area (Å²) in [7, 11) is 0. The quantitative estimate of drug-likeness (QED) is 0.571. The molecule has 0 radical (unpaired) electrons. The van der Waals surface area contributed by atoms with Gasteiger partial charge in [0.2, 0.25) is 5.95 Å². The fourth-order valence-electron chi connectivity index (χ4n) is 2.86. The first-order valence-corrected chi connectivity index (χ1v) is 8.22. The lowest BCUT2D eigenvalue weighted by Crippen LogP contribution is -2.15. The van der Waals surface area contributed by atoms with Crippen molar-refractivity contribution >= 4 is 11.0 Å². The number of benzene rings is 1. The molecule has 0 saturated heterocycles. The molecule has 0 saturated carbocycles. The van der Waals surface area contributed by atoms with E-state index in [4.69, 9.17) is 0 Å². The zero-order chi connectivity index (χ0) is 18.3. The van der Waals surface area contributed by atoms with E-state index in [1.807, 2.05) is 34.9 Å². The number of fused-ring (bicyclic) bond motifs is 1. The lowest BCUT2D eigenvalue weighted by Gasteiger charge is -2.17. The van der Waals surface area contributed by atoms with Crippen molar-refractivity contribution in [1.29, 1.82) is 0 Å². The lowest BCUT2D eigenvalue weighted by molar-refractivity contribution is 0.0787. The number of halogens is 1. The lowest BCUT2D eigenvalue weighted by atomic mass is 9.98. The summed E-state index contributed by atoms with van der Waals surface area (Å²) < 4.78 is 15.8. The molecule has 0 aliphatic carbocycles. The van der Waals surface area contributed by atoms with Crippen molar-refractivity contribution in [3.05, 3.63) is 72.6 Å². The van der Waals surface area contributed by atoms with Gasteiger partial charge in [-0.2, -0.15) is 4.39 Å². The average Bonchev–Trinajstić information content (AvgIpc) is 3.05. The highest BCUT2D eigenvalue weighted by molar-refractivity contribution is 5.78. The van der Waals surface area contributed by atoms with E-state index in [0.717, 1.165) is 16.6 Å². The second-order valence-electron chi connectivity index (χ2n) is 6.60. The minimum Gasteiger partial charge on any atom is -0.386 e. The van der Waals surface area contributed by atoms with Gasteiger partial charge in [0.25, 0.3) is 0 Å². The molecule has 4 aromatic rings. The minimum absolute atomic E-state index is 0.350. The number of nitrogens with zero attached hydrogens (tertiary/aromatic N) is 4. The maximum atomic E-state index is 14.0. The van der Waals surface area contributed by atoms with E-state index >= 15 is 0 Å².